The van der Waals surface area contributed by atoms with Crippen LogP contribution in [0.15, 0.2) is 70.6 Å². The first-order valence-electron chi connectivity index (χ1n) is 17.9. The zero-order valence-electron chi connectivity index (χ0n) is 31.2. The van der Waals surface area contributed by atoms with E-state index in [0.717, 1.165) is 22.3 Å². The van der Waals surface area contributed by atoms with E-state index in [1.54, 1.807) is 13.8 Å². The number of nitrogens with two attached hydrogens (primary N) is 1. The molecule has 1 fully saturated rings. The number of carbonyl (C=O) groups is 4. The Balaban J connectivity index is 1.28. The molecule has 0 aliphatic carbocycles. The average Bonchev–Trinajstić information content (AvgIpc) is 3.46. The summed E-state index contributed by atoms with van der Waals surface area (Å²) in [7, 11) is -4.12. The normalized spacial score (nSPS) is 20.6. The summed E-state index contributed by atoms with van der Waals surface area (Å²) in [6.45, 7) is 8.81. The Morgan fingerprint density at radius 3 is 1.96 bits per heavy atom. The largest absolute Gasteiger partial charge is 0.487 e. The van der Waals surface area contributed by atoms with Crippen LogP contribution in [0.5, 0.6) is 5.75 Å². The van der Waals surface area contributed by atoms with E-state index >= 15 is 0 Å². The molecule has 0 radical (unpaired) electrons. The van der Waals surface area contributed by atoms with E-state index in [0.29, 0.717) is 23.3 Å². The third-order valence-corrected chi connectivity index (χ3v) is 11.3. The monoisotopic (exact) mass is 759 g/mol. The molecule has 0 spiro atoms. The van der Waals surface area contributed by atoms with E-state index in [2.05, 4.69) is 31.0 Å². The molecule has 0 bridgehead atoms. The van der Waals surface area contributed by atoms with Gasteiger partial charge in [-0.1, -0.05) is 60.7 Å². The topological polar surface area (TPSA) is 210 Å². The molecule has 1 saturated heterocycles. The molecule has 2 aliphatic rings. The number of rotatable bonds is 10. The smallest absolute Gasteiger partial charge is 0.264 e. The molecule has 2 aliphatic heterocycles. The summed E-state index contributed by atoms with van der Waals surface area (Å²) in [5, 5.41) is 10.8. The quantitative estimate of drug-likeness (QED) is 0.102. The predicted octanol–water partition coefficient (Wildman–Crippen LogP) is 1.77. The number of sulfonamides is 1. The number of nitrogens with one attached hydrogen (secondary N) is 5. The predicted molar refractivity (Wildman–Crippen MR) is 204 cm³/mol. The second kappa shape index (κ2) is 16.7. The maximum atomic E-state index is 13.7. The van der Waals surface area contributed by atoms with Crippen molar-refractivity contribution in [1.82, 2.24) is 26.0 Å². The summed E-state index contributed by atoms with van der Waals surface area (Å²) < 4.78 is 35.7. The van der Waals surface area contributed by atoms with Gasteiger partial charge in [0.05, 0.1) is 11.4 Å². The van der Waals surface area contributed by atoms with Gasteiger partial charge in [-0.15, -0.1) is 0 Å². The van der Waals surface area contributed by atoms with E-state index in [9.17, 15) is 27.6 Å². The first-order valence-corrected chi connectivity index (χ1v) is 19.4. The summed E-state index contributed by atoms with van der Waals surface area (Å²) in [5.41, 5.74) is 9.90. The van der Waals surface area contributed by atoms with Crippen molar-refractivity contribution in [3.63, 3.8) is 0 Å². The lowest BCUT2D eigenvalue weighted by molar-refractivity contribution is -0.135. The first-order chi connectivity index (χ1) is 25.5. The lowest BCUT2D eigenvalue weighted by Crippen LogP contribution is -2.60. The molecule has 54 heavy (non-hydrogen) atoms. The number of nitrogens with zero attached hydrogens (tertiary/aromatic N) is 1. The number of fused-ring (bicyclic) bond motifs is 1. The number of guanidine groups is 1. The molecule has 0 unspecified atom stereocenters. The lowest BCUT2D eigenvalue weighted by atomic mass is 9.94. The molecule has 4 amide bonds. The molecule has 0 saturated carbocycles. The molecular weight excluding hydrogens is 711 g/mol. The molecule has 3 atom stereocenters. The Hall–Kier alpha value is -5.44. The molecule has 288 valence electrons. The molecule has 0 aromatic heterocycles. The Morgan fingerprint density at radius 2 is 1.37 bits per heavy atom. The molecule has 2 heterocycles. The number of carbonyl (C=O) groups excluding carboxylic acids is 4. The van der Waals surface area contributed by atoms with Gasteiger partial charge in [-0.2, -0.15) is 0 Å². The Morgan fingerprint density at radius 1 is 0.815 bits per heavy atom. The average molecular weight is 760 g/mol. The number of hydrogen-bond acceptors (Lipinski definition) is 8. The Labute approximate surface area is 316 Å². The van der Waals surface area contributed by atoms with Gasteiger partial charge in [0.2, 0.25) is 29.6 Å². The standard InChI is InChI=1S/C39H49N7O7S/c1-23-24(2)34(25(3)28-21-39(4,5)53-33(23)28)54(51,52)46-38(40)41-18-12-17-29-36(49)45-31(20-27-15-10-7-11-16-27)37(50)44-30(19-26-13-8-6-9-14-26)35(48)42-22-32(47)43-29/h6-11,13-16,29-31H,12,17-22H2,1-5H3,(H,42,48)(H,43,47)(H,44,50)(H,45,49)(H3,40,41,46)/t29-,30-,31-/m0/s1. The molecule has 14 nitrogen and oxygen atoms in total. The molecule has 15 heteroatoms. The van der Waals surface area contributed by atoms with Crippen molar-refractivity contribution in [3.8, 4) is 5.75 Å². The SMILES string of the molecule is Cc1c(C)c(S(=O)(=O)NC(N)=NCCC[C@@H]2NC(=O)CNC(=O)[C@H](Cc3ccccc3)NC(=O)[C@H](Cc3ccccc3)NC2=O)c(C)c2c1OC(C)(C)C2. The number of amides is 4. The van der Waals surface area contributed by atoms with Crippen LogP contribution in [0, 0.1) is 20.8 Å². The van der Waals surface area contributed by atoms with Crippen LogP contribution < -0.4 is 36.5 Å². The highest BCUT2D eigenvalue weighted by Crippen LogP contribution is 2.43. The third kappa shape index (κ3) is 9.75. The van der Waals surface area contributed by atoms with Crippen LogP contribution in [0.25, 0.3) is 0 Å². The highest BCUT2D eigenvalue weighted by atomic mass is 32.2. The zero-order valence-corrected chi connectivity index (χ0v) is 32.1. The number of hydrogen-bond donors (Lipinski definition) is 6. The minimum absolute atomic E-state index is 0.0169. The van der Waals surface area contributed by atoms with Crippen LogP contribution in [-0.2, 0) is 48.5 Å². The fourth-order valence-electron chi connectivity index (χ4n) is 6.83. The van der Waals surface area contributed by atoms with Gasteiger partial charge in [0.25, 0.3) is 10.0 Å². The minimum Gasteiger partial charge on any atom is -0.487 e. The molecule has 3 aromatic rings. The van der Waals surface area contributed by atoms with Crippen molar-refractivity contribution in [3.05, 3.63) is 94.0 Å². The van der Waals surface area contributed by atoms with Gasteiger partial charge >= 0.3 is 0 Å². The van der Waals surface area contributed by atoms with Crippen LogP contribution in [0.2, 0.25) is 0 Å². The molecule has 7 N–H and O–H groups in total. The summed E-state index contributed by atoms with van der Waals surface area (Å²) in [5.74, 6) is -1.93. The van der Waals surface area contributed by atoms with Gasteiger partial charge in [-0.25, -0.2) is 13.1 Å². The van der Waals surface area contributed by atoms with Crippen molar-refractivity contribution in [2.45, 2.75) is 95.3 Å². The highest BCUT2D eigenvalue weighted by molar-refractivity contribution is 7.90. The zero-order chi connectivity index (χ0) is 39.2. The van der Waals surface area contributed by atoms with Gasteiger partial charge in [0.1, 0.15) is 29.5 Å². The number of benzene rings is 3. The van der Waals surface area contributed by atoms with Crippen molar-refractivity contribution in [2.75, 3.05) is 13.1 Å². The van der Waals surface area contributed by atoms with Crippen LogP contribution in [0.1, 0.15) is 60.1 Å². The first kappa shape index (κ1) is 39.8. The van der Waals surface area contributed by atoms with Gasteiger partial charge in [0, 0.05) is 31.4 Å². The molecule has 3 aromatic carbocycles. The van der Waals surface area contributed by atoms with Crippen molar-refractivity contribution >= 4 is 39.6 Å². The van der Waals surface area contributed by atoms with E-state index in [1.165, 1.54) is 0 Å². The Kier molecular flexibility index (Phi) is 12.3. The second-order valence-electron chi connectivity index (χ2n) is 14.4. The van der Waals surface area contributed by atoms with E-state index in [1.807, 2.05) is 81.4 Å². The second-order valence-corrected chi connectivity index (χ2v) is 16.0. The van der Waals surface area contributed by atoms with Crippen molar-refractivity contribution in [1.29, 1.82) is 0 Å². The van der Waals surface area contributed by atoms with Gasteiger partial charge in [-0.05, 0) is 75.3 Å². The van der Waals surface area contributed by atoms with E-state index in [4.69, 9.17) is 10.5 Å². The number of aliphatic imine (C=N–C) groups is 1. The van der Waals surface area contributed by atoms with Gasteiger partial charge < -0.3 is 31.7 Å². The van der Waals surface area contributed by atoms with Crippen LogP contribution in [-0.4, -0.2) is 74.8 Å². The van der Waals surface area contributed by atoms with Gasteiger partial charge in [-0.3, -0.25) is 24.2 Å². The maximum Gasteiger partial charge on any atom is 0.264 e. The van der Waals surface area contributed by atoms with Crippen molar-refractivity contribution in [2.24, 2.45) is 10.7 Å². The van der Waals surface area contributed by atoms with E-state index < -0.39 is 63.9 Å². The van der Waals surface area contributed by atoms with Crippen LogP contribution in [0.4, 0.5) is 0 Å². The molecule has 5 rings (SSSR count). The van der Waals surface area contributed by atoms with Gasteiger partial charge in [0.15, 0.2) is 0 Å². The third-order valence-electron chi connectivity index (χ3n) is 9.64. The fraction of sp³-hybridized carbons (Fsp3) is 0.410. The maximum absolute atomic E-state index is 13.7. The minimum atomic E-state index is -4.12. The van der Waals surface area contributed by atoms with E-state index in [-0.39, 0.29) is 43.1 Å². The van der Waals surface area contributed by atoms with Crippen LogP contribution in [0.3, 0.4) is 0 Å². The lowest BCUT2D eigenvalue weighted by Gasteiger charge is -2.27. The van der Waals surface area contributed by atoms with Crippen molar-refractivity contribution < 1.29 is 32.3 Å². The number of ether oxygens (including phenoxy) is 1. The summed E-state index contributed by atoms with van der Waals surface area (Å²) in [4.78, 5) is 58.0. The Bertz CT molecular complexity index is 2040. The highest BCUT2D eigenvalue weighted by Gasteiger charge is 2.37. The summed E-state index contributed by atoms with van der Waals surface area (Å²) >= 11 is 0. The van der Waals surface area contributed by atoms with Crippen LogP contribution >= 0.6 is 0 Å². The fourth-order valence-corrected chi connectivity index (χ4v) is 8.36. The summed E-state index contributed by atoms with van der Waals surface area (Å²) in [6, 6.07) is 15.1. The summed E-state index contributed by atoms with van der Waals surface area (Å²) in [6.07, 6.45) is 1.15. The molecular formula is C39H49N7O7S.